The highest BCUT2D eigenvalue weighted by Crippen LogP contribution is 2.21. The molecular weight excluding hydrogens is 254 g/mol. The van der Waals surface area contributed by atoms with E-state index in [1.807, 2.05) is 30.3 Å². The Morgan fingerprint density at radius 3 is 2.78 bits per heavy atom. The van der Waals surface area contributed by atoms with Crippen LogP contribution in [-0.2, 0) is 4.74 Å². The smallest absolute Gasteiger partial charge is 0.257 e. The summed E-state index contributed by atoms with van der Waals surface area (Å²) in [5.74, 6) is 1.14. The molecular formula is C12H14ClN3O2. The van der Waals surface area contributed by atoms with Crippen molar-refractivity contribution in [1.29, 1.82) is 0 Å². The summed E-state index contributed by atoms with van der Waals surface area (Å²) in [4.78, 5) is 4.36. The Labute approximate surface area is 111 Å². The summed E-state index contributed by atoms with van der Waals surface area (Å²) < 4.78 is 10.8. The van der Waals surface area contributed by atoms with Crippen LogP contribution >= 0.6 is 12.4 Å². The molecule has 1 aliphatic heterocycles. The Bertz CT molecular complexity index is 483. The highest BCUT2D eigenvalue weighted by molar-refractivity contribution is 5.85. The van der Waals surface area contributed by atoms with E-state index >= 15 is 0 Å². The van der Waals surface area contributed by atoms with E-state index in [2.05, 4.69) is 15.5 Å². The molecule has 0 saturated carbocycles. The third-order valence-corrected chi connectivity index (χ3v) is 2.68. The van der Waals surface area contributed by atoms with Crippen molar-refractivity contribution in [2.24, 2.45) is 0 Å². The van der Waals surface area contributed by atoms with Crippen LogP contribution in [0.25, 0.3) is 11.4 Å². The van der Waals surface area contributed by atoms with Crippen molar-refractivity contribution in [3.63, 3.8) is 0 Å². The summed E-state index contributed by atoms with van der Waals surface area (Å²) in [6.07, 6.45) is -0.131. The van der Waals surface area contributed by atoms with Gasteiger partial charge >= 0.3 is 0 Å². The first kappa shape index (κ1) is 13.0. The van der Waals surface area contributed by atoms with Crippen molar-refractivity contribution in [2.75, 3.05) is 19.7 Å². The molecule has 5 nitrogen and oxygen atoms in total. The standard InChI is InChI=1S/C12H13N3O2.ClH/c1-2-4-9(5-3-1)11-14-12(17-15-11)10-8-13-6-7-16-10;/h1-5,10,13H,6-8H2;1H/t10-;/m0./s1. The van der Waals surface area contributed by atoms with E-state index in [-0.39, 0.29) is 18.5 Å². The van der Waals surface area contributed by atoms with Crippen molar-refractivity contribution in [3.05, 3.63) is 36.2 Å². The van der Waals surface area contributed by atoms with Gasteiger partial charge in [-0.1, -0.05) is 35.5 Å². The molecule has 1 aromatic heterocycles. The van der Waals surface area contributed by atoms with Crippen molar-refractivity contribution >= 4 is 12.4 Å². The monoisotopic (exact) mass is 267 g/mol. The van der Waals surface area contributed by atoms with Crippen LogP contribution in [-0.4, -0.2) is 29.8 Å². The van der Waals surface area contributed by atoms with E-state index in [0.29, 0.717) is 18.3 Å². The number of halogens is 1. The van der Waals surface area contributed by atoms with Crippen molar-refractivity contribution in [1.82, 2.24) is 15.5 Å². The first-order valence-corrected chi connectivity index (χ1v) is 5.65. The van der Waals surface area contributed by atoms with Gasteiger partial charge in [0.25, 0.3) is 5.89 Å². The highest BCUT2D eigenvalue weighted by atomic mass is 35.5. The predicted octanol–water partition coefficient (Wildman–Crippen LogP) is 1.82. The molecule has 6 heteroatoms. The Kier molecular flexibility index (Phi) is 4.30. The minimum Gasteiger partial charge on any atom is -0.366 e. The molecule has 0 aliphatic carbocycles. The lowest BCUT2D eigenvalue weighted by Crippen LogP contribution is -2.33. The lowest BCUT2D eigenvalue weighted by atomic mass is 10.2. The molecule has 1 aliphatic rings. The molecule has 0 amide bonds. The average molecular weight is 268 g/mol. The van der Waals surface area contributed by atoms with E-state index in [0.717, 1.165) is 18.7 Å². The topological polar surface area (TPSA) is 60.2 Å². The summed E-state index contributed by atoms with van der Waals surface area (Å²) in [6, 6.07) is 9.76. The largest absolute Gasteiger partial charge is 0.366 e. The predicted molar refractivity (Wildman–Crippen MR) is 68.5 cm³/mol. The molecule has 96 valence electrons. The van der Waals surface area contributed by atoms with Crippen molar-refractivity contribution in [2.45, 2.75) is 6.10 Å². The fourth-order valence-electron chi connectivity index (χ4n) is 1.79. The van der Waals surface area contributed by atoms with Gasteiger partial charge in [0.1, 0.15) is 6.10 Å². The van der Waals surface area contributed by atoms with Gasteiger partial charge < -0.3 is 14.6 Å². The molecule has 1 saturated heterocycles. The van der Waals surface area contributed by atoms with Crippen LogP contribution in [0.3, 0.4) is 0 Å². The highest BCUT2D eigenvalue weighted by Gasteiger charge is 2.22. The quantitative estimate of drug-likeness (QED) is 0.899. The van der Waals surface area contributed by atoms with Crippen LogP contribution in [0, 0.1) is 0 Å². The molecule has 0 radical (unpaired) electrons. The maximum atomic E-state index is 5.55. The zero-order chi connectivity index (χ0) is 11.5. The second kappa shape index (κ2) is 5.95. The molecule has 1 fully saturated rings. The Morgan fingerprint density at radius 2 is 2.06 bits per heavy atom. The van der Waals surface area contributed by atoms with Gasteiger partial charge in [-0.3, -0.25) is 0 Å². The number of nitrogens with zero attached hydrogens (tertiary/aromatic N) is 2. The maximum Gasteiger partial charge on any atom is 0.257 e. The third kappa shape index (κ3) is 2.69. The van der Waals surface area contributed by atoms with E-state index < -0.39 is 0 Å². The third-order valence-electron chi connectivity index (χ3n) is 2.68. The molecule has 1 aromatic carbocycles. The number of benzene rings is 1. The zero-order valence-corrected chi connectivity index (χ0v) is 10.5. The summed E-state index contributed by atoms with van der Waals surface area (Å²) in [7, 11) is 0. The van der Waals surface area contributed by atoms with E-state index in [9.17, 15) is 0 Å². The van der Waals surface area contributed by atoms with Gasteiger partial charge in [-0.15, -0.1) is 12.4 Å². The summed E-state index contributed by atoms with van der Waals surface area (Å²) in [6.45, 7) is 2.26. The number of rotatable bonds is 2. The molecule has 0 spiro atoms. The number of nitrogens with one attached hydrogen (secondary N) is 1. The number of hydrogen-bond acceptors (Lipinski definition) is 5. The molecule has 1 N–H and O–H groups in total. The van der Waals surface area contributed by atoms with Crippen LogP contribution in [0.4, 0.5) is 0 Å². The first-order valence-electron chi connectivity index (χ1n) is 5.65. The van der Waals surface area contributed by atoms with E-state index in [1.165, 1.54) is 0 Å². The van der Waals surface area contributed by atoms with Crippen LogP contribution in [0.15, 0.2) is 34.9 Å². The van der Waals surface area contributed by atoms with Crippen LogP contribution in [0.5, 0.6) is 0 Å². The molecule has 2 aromatic rings. The minimum atomic E-state index is -0.131. The fourth-order valence-corrected chi connectivity index (χ4v) is 1.79. The number of aromatic nitrogens is 2. The second-order valence-electron chi connectivity index (χ2n) is 3.89. The fraction of sp³-hybridized carbons (Fsp3) is 0.333. The molecule has 0 bridgehead atoms. The minimum absolute atomic E-state index is 0. The Morgan fingerprint density at radius 1 is 1.22 bits per heavy atom. The lowest BCUT2D eigenvalue weighted by molar-refractivity contribution is 0.00755. The Balaban J connectivity index is 0.00000120. The van der Waals surface area contributed by atoms with Gasteiger partial charge in [0, 0.05) is 18.7 Å². The molecule has 1 atom stereocenters. The maximum absolute atomic E-state index is 5.55. The van der Waals surface area contributed by atoms with Crippen molar-refractivity contribution < 1.29 is 9.26 Å². The van der Waals surface area contributed by atoms with Gasteiger partial charge in [-0.2, -0.15) is 4.98 Å². The van der Waals surface area contributed by atoms with Crippen LogP contribution in [0.2, 0.25) is 0 Å². The number of morpholine rings is 1. The lowest BCUT2D eigenvalue weighted by Gasteiger charge is -2.19. The Hall–Kier alpha value is -1.43. The summed E-state index contributed by atoms with van der Waals surface area (Å²) in [5.41, 5.74) is 0.950. The van der Waals surface area contributed by atoms with Gasteiger partial charge in [-0.25, -0.2) is 0 Å². The molecule has 18 heavy (non-hydrogen) atoms. The average Bonchev–Trinajstić information content (AvgIpc) is 2.90. The van der Waals surface area contributed by atoms with Crippen LogP contribution < -0.4 is 5.32 Å². The zero-order valence-electron chi connectivity index (χ0n) is 9.70. The van der Waals surface area contributed by atoms with Gasteiger partial charge in [0.2, 0.25) is 5.82 Å². The number of ether oxygens (including phenoxy) is 1. The molecule has 0 unspecified atom stereocenters. The van der Waals surface area contributed by atoms with Gasteiger partial charge in [0.05, 0.1) is 6.61 Å². The molecule has 2 heterocycles. The normalized spacial score (nSPS) is 19.2. The second-order valence-corrected chi connectivity index (χ2v) is 3.89. The van der Waals surface area contributed by atoms with E-state index in [1.54, 1.807) is 0 Å². The van der Waals surface area contributed by atoms with Crippen molar-refractivity contribution in [3.8, 4) is 11.4 Å². The summed E-state index contributed by atoms with van der Waals surface area (Å²) in [5, 5.41) is 7.20. The first-order chi connectivity index (χ1) is 8.43. The number of hydrogen-bond donors (Lipinski definition) is 1. The van der Waals surface area contributed by atoms with E-state index in [4.69, 9.17) is 9.26 Å². The van der Waals surface area contributed by atoms with Gasteiger partial charge in [-0.05, 0) is 0 Å². The molecule has 3 rings (SSSR count). The SMILES string of the molecule is Cl.c1ccc(-c2noc([C@@H]3CNCCO3)n2)cc1. The van der Waals surface area contributed by atoms with Crippen LogP contribution in [0.1, 0.15) is 12.0 Å². The van der Waals surface area contributed by atoms with Gasteiger partial charge in [0.15, 0.2) is 0 Å². The summed E-state index contributed by atoms with van der Waals surface area (Å²) >= 11 is 0.